The summed E-state index contributed by atoms with van der Waals surface area (Å²) >= 11 is 0. The van der Waals surface area contributed by atoms with E-state index in [0.717, 1.165) is 4.90 Å². The number of benzene rings is 2. The maximum Gasteiger partial charge on any atom is 0.343 e. The van der Waals surface area contributed by atoms with Crippen LogP contribution >= 0.6 is 0 Å². The Labute approximate surface area is 196 Å². The molecule has 1 aliphatic carbocycles. The molecular weight excluding hydrogens is 438 g/mol. The van der Waals surface area contributed by atoms with Gasteiger partial charge >= 0.3 is 11.9 Å². The van der Waals surface area contributed by atoms with Gasteiger partial charge in [-0.3, -0.25) is 24.1 Å². The molecule has 0 N–H and O–H groups in total. The molecule has 0 bridgehead atoms. The number of imide groups is 1. The van der Waals surface area contributed by atoms with E-state index in [4.69, 9.17) is 9.47 Å². The van der Waals surface area contributed by atoms with Crippen LogP contribution in [0.4, 0.5) is 0 Å². The standard InChI is InChI=1S/C26H23NO7/c28-22(17-10-12-19(13-11-17)34-26(32)18-6-2-1-3-7-18)16-33-23(29)14-15-27-24(30)20-8-4-5-9-21(20)25(27)31/h1-7,10-13,20-21H,8-9,14-16H2. The molecule has 0 spiro atoms. The lowest BCUT2D eigenvalue weighted by Crippen LogP contribution is -2.33. The molecule has 1 fully saturated rings. The fourth-order valence-corrected chi connectivity index (χ4v) is 4.04. The zero-order chi connectivity index (χ0) is 24.1. The van der Waals surface area contributed by atoms with Gasteiger partial charge in [-0.1, -0.05) is 30.4 Å². The van der Waals surface area contributed by atoms with E-state index < -0.39 is 24.3 Å². The van der Waals surface area contributed by atoms with E-state index in [9.17, 15) is 24.0 Å². The highest BCUT2D eigenvalue weighted by Crippen LogP contribution is 2.35. The molecule has 174 valence electrons. The van der Waals surface area contributed by atoms with E-state index in [0.29, 0.717) is 18.4 Å². The van der Waals surface area contributed by atoms with Gasteiger partial charge in [0.15, 0.2) is 12.4 Å². The first-order valence-corrected chi connectivity index (χ1v) is 11.0. The van der Waals surface area contributed by atoms with Gasteiger partial charge in [-0.2, -0.15) is 0 Å². The molecule has 1 heterocycles. The van der Waals surface area contributed by atoms with Gasteiger partial charge in [-0.05, 0) is 49.2 Å². The van der Waals surface area contributed by atoms with E-state index in [1.165, 1.54) is 24.3 Å². The van der Waals surface area contributed by atoms with E-state index >= 15 is 0 Å². The molecule has 4 rings (SSSR count). The first-order chi connectivity index (χ1) is 16.4. The number of carbonyl (C=O) groups is 5. The number of hydrogen-bond donors (Lipinski definition) is 0. The Morgan fingerprint density at radius 3 is 2.06 bits per heavy atom. The fourth-order valence-electron chi connectivity index (χ4n) is 4.04. The maximum absolute atomic E-state index is 12.4. The molecule has 2 amide bonds. The highest BCUT2D eigenvalue weighted by molar-refractivity contribution is 6.05. The second-order valence-electron chi connectivity index (χ2n) is 8.10. The Bertz CT molecular complexity index is 1110. The molecule has 0 aromatic heterocycles. The molecule has 2 aromatic carbocycles. The van der Waals surface area contributed by atoms with Crippen molar-refractivity contribution in [3.05, 3.63) is 77.9 Å². The van der Waals surface area contributed by atoms with E-state index in [-0.39, 0.29) is 47.9 Å². The number of rotatable bonds is 8. The third-order valence-electron chi connectivity index (χ3n) is 5.90. The minimum Gasteiger partial charge on any atom is -0.457 e. The summed E-state index contributed by atoms with van der Waals surface area (Å²) in [7, 11) is 0. The normalized spacial score (nSPS) is 19.0. The minimum atomic E-state index is -0.671. The zero-order valence-electron chi connectivity index (χ0n) is 18.3. The van der Waals surface area contributed by atoms with Crippen LogP contribution < -0.4 is 4.74 Å². The smallest absolute Gasteiger partial charge is 0.343 e. The van der Waals surface area contributed by atoms with Gasteiger partial charge in [0, 0.05) is 12.1 Å². The summed E-state index contributed by atoms with van der Waals surface area (Å²) in [4.78, 5) is 62.5. The second kappa shape index (κ2) is 10.2. The number of Topliss-reactive ketones (excluding diaryl/α,β-unsaturated/α-hetero) is 1. The molecule has 34 heavy (non-hydrogen) atoms. The van der Waals surface area contributed by atoms with Crippen molar-refractivity contribution < 1.29 is 33.4 Å². The number of ketones is 1. The summed E-state index contributed by atoms with van der Waals surface area (Å²) in [6, 6.07) is 14.4. The van der Waals surface area contributed by atoms with Crippen molar-refractivity contribution in [2.24, 2.45) is 11.8 Å². The topological polar surface area (TPSA) is 107 Å². The van der Waals surface area contributed by atoms with Gasteiger partial charge in [-0.25, -0.2) is 4.79 Å². The molecule has 2 aromatic rings. The van der Waals surface area contributed by atoms with E-state index in [1.54, 1.807) is 30.3 Å². The third kappa shape index (κ3) is 5.11. The zero-order valence-corrected chi connectivity index (χ0v) is 18.3. The molecule has 2 aliphatic rings. The number of nitrogens with zero attached hydrogens (tertiary/aromatic N) is 1. The van der Waals surface area contributed by atoms with Crippen molar-refractivity contribution in [3.8, 4) is 5.75 Å². The van der Waals surface area contributed by atoms with Crippen LogP contribution in [0.5, 0.6) is 5.75 Å². The van der Waals surface area contributed by atoms with Crippen LogP contribution in [0.1, 0.15) is 40.0 Å². The van der Waals surface area contributed by atoms with E-state index in [1.807, 2.05) is 12.2 Å². The summed E-state index contributed by atoms with van der Waals surface area (Å²) in [5.74, 6) is -2.53. The van der Waals surface area contributed by atoms with Crippen molar-refractivity contribution >= 4 is 29.5 Å². The Morgan fingerprint density at radius 2 is 1.44 bits per heavy atom. The largest absolute Gasteiger partial charge is 0.457 e. The quantitative estimate of drug-likeness (QED) is 0.196. The van der Waals surface area contributed by atoms with Gasteiger partial charge in [-0.15, -0.1) is 0 Å². The molecule has 8 nitrogen and oxygen atoms in total. The summed E-state index contributed by atoms with van der Waals surface area (Å²) in [5, 5.41) is 0. The molecular formula is C26H23NO7. The molecule has 2 atom stereocenters. The first kappa shape index (κ1) is 23.1. The molecule has 2 unspecified atom stereocenters. The fraction of sp³-hybridized carbons (Fsp3) is 0.269. The van der Waals surface area contributed by atoms with Crippen LogP contribution in [-0.2, 0) is 19.1 Å². The number of likely N-dealkylation sites (tertiary alicyclic amines) is 1. The highest BCUT2D eigenvalue weighted by Gasteiger charge is 2.46. The van der Waals surface area contributed by atoms with E-state index in [2.05, 4.69) is 0 Å². The Balaban J connectivity index is 1.23. The lowest BCUT2D eigenvalue weighted by molar-refractivity contribution is -0.145. The lowest BCUT2D eigenvalue weighted by atomic mass is 9.85. The summed E-state index contributed by atoms with van der Waals surface area (Å²) in [6.45, 7) is -0.530. The number of fused-ring (bicyclic) bond motifs is 1. The van der Waals surface area contributed by atoms with Gasteiger partial charge in [0.05, 0.1) is 23.8 Å². The average Bonchev–Trinajstić information content (AvgIpc) is 3.11. The monoisotopic (exact) mass is 461 g/mol. The van der Waals surface area contributed by atoms with Crippen molar-refractivity contribution in [2.45, 2.75) is 19.3 Å². The molecule has 8 heteroatoms. The molecule has 1 saturated heterocycles. The van der Waals surface area contributed by atoms with Crippen LogP contribution in [0.3, 0.4) is 0 Å². The molecule has 0 radical (unpaired) electrons. The van der Waals surface area contributed by atoms with Gasteiger partial charge in [0.1, 0.15) is 5.75 Å². The second-order valence-corrected chi connectivity index (χ2v) is 8.10. The van der Waals surface area contributed by atoms with Crippen molar-refractivity contribution in [2.75, 3.05) is 13.2 Å². The van der Waals surface area contributed by atoms with Crippen molar-refractivity contribution in [1.82, 2.24) is 4.90 Å². The minimum absolute atomic E-state index is 0.0564. The maximum atomic E-state index is 12.4. The lowest BCUT2D eigenvalue weighted by Gasteiger charge is -2.14. The average molecular weight is 461 g/mol. The molecule has 0 saturated carbocycles. The van der Waals surface area contributed by atoms with Crippen LogP contribution in [-0.4, -0.2) is 47.6 Å². The third-order valence-corrected chi connectivity index (χ3v) is 5.90. The van der Waals surface area contributed by atoms with Crippen LogP contribution in [0.2, 0.25) is 0 Å². The predicted octanol–water partition coefficient (Wildman–Crippen LogP) is 2.97. The van der Waals surface area contributed by atoms with Gasteiger partial charge < -0.3 is 9.47 Å². The number of hydrogen-bond acceptors (Lipinski definition) is 7. The van der Waals surface area contributed by atoms with Gasteiger partial charge in [0.25, 0.3) is 0 Å². The summed E-state index contributed by atoms with van der Waals surface area (Å²) in [6.07, 6.45) is 4.70. The van der Waals surface area contributed by atoms with Crippen molar-refractivity contribution in [3.63, 3.8) is 0 Å². The summed E-state index contributed by atoms with van der Waals surface area (Å²) < 4.78 is 10.3. The van der Waals surface area contributed by atoms with Crippen molar-refractivity contribution in [1.29, 1.82) is 0 Å². The SMILES string of the molecule is O=C(CCN1C(=O)C2CC=CCC2C1=O)OCC(=O)c1ccc(OC(=O)c2ccccc2)cc1. The molecule has 1 aliphatic heterocycles. The first-order valence-electron chi connectivity index (χ1n) is 11.0. The number of amides is 2. The Hall–Kier alpha value is -4.07. The van der Waals surface area contributed by atoms with Gasteiger partial charge in [0.2, 0.25) is 11.8 Å². The number of allylic oxidation sites excluding steroid dienone is 2. The summed E-state index contributed by atoms with van der Waals surface area (Å²) in [5.41, 5.74) is 0.691. The van der Waals surface area contributed by atoms with Crippen LogP contribution in [0.15, 0.2) is 66.7 Å². The highest BCUT2D eigenvalue weighted by atomic mass is 16.5. The van der Waals surface area contributed by atoms with Crippen LogP contribution in [0, 0.1) is 11.8 Å². The predicted molar refractivity (Wildman–Crippen MR) is 120 cm³/mol. The number of carbonyl (C=O) groups excluding carboxylic acids is 5. The van der Waals surface area contributed by atoms with Crippen LogP contribution in [0.25, 0.3) is 0 Å². The number of ether oxygens (including phenoxy) is 2. The Morgan fingerprint density at radius 1 is 0.824 bits per heavy atom. The Kier molecular flexibility index (Phi) is 6.96. The number of esters is 2.